The third-order valence-corrected chi connectivity index (χ3v) is 2.65. The SMILES string of the molecule is CCNC(Cc1ccoc1)c1ccncc1F. The zero-order valence-electron chi connectivity index (χ0n) is 9.69. The molecular formula is C13H15FN2O. The van der Waals surface area contributed by atoms with E-state index in [0.717, 1.165) is 12.1 Å². The van der Waals surface area contributed by atoms with E-state index in [4.69, 9.17) is 4.42 Å². The summed E-state index contributed by atoms with van der Waals surface area (Å²) in [7, 11) is 0. The van der Waals surface area contributed by atoms with Crippen LogP contribution in [-0.4, -0.2) is 11.5 Å². The Bertz CT molecular complexity index is 456. The van der Waals surface area contributed by atoms with Crippen molar-refractivity contribution >= 4 is 0 Å². The highest BCUT2D eigenvalue weighted by Crippen LogP contribution is 2.20. The van der Waals surface area contributed by atoms with Gasteiger partial charge in [-0.05, 0) is 30.7 Å². The fraction of sp³-hybridized carbons (Fsp3) is 0.308. The second-order valence-electron chi connectivity index (χ2n) is 3.84. The van der Waals surface area contributed by atoms with Crippen LogP contribution in [0.2, 0.25) is 0 Å². The number of rotatable bonds is 5. The van der Waals surface area contributed by atoms with Crippen LogP contribution in [0.5, 0.6) is 0 Å². The van der Waals surface area contributed by atoms with Gasteiger partial charge < -0.3 is 9.73 Å². The lowest BCUT2D eigenvalue weighted by Gasteiger charge is -2.17. The molecule has 1 atom stereocenters. The molecule has 0 saturated heterocycles. The molecule has 2 rings (SSSR count). The number of nitrogens with one attached hydrogen (secondary N) is 1. The third-order valence-electron chi connectivity index (χ3n) is 2.65. The van der Waals surface area contributed by atoms with Gasteiger partial charge in [-0.3, -0.25) is 4.98 Å². The molecule has 2 aromatic rings. The Morgan fingerprint density at radius 3 is 3.00 bits per heavy atom. The molecule has 2 aromatic heterocycles. The van der Waals surface area contributed by atoms with Crippen molar-refractivity contribution in [2.45, 2.75) is 19.4 Å². The van der Waals surface area contributed by atoms with Gasteiger partial charge in [0.15, 0.2) is 0 Å². The summed E-state index contributed by atoms with van der Waals surface area (Å²) in [5, 5.41) is 3.27. The van der Waals surface area contributed by atoms with Crippen LogP contribution in [0.15, 0.2) is 41.5 Å². The summed E-state index contributed by atoms with van der Waals surface area (Å²) in [5.41, 5.74) is 1.69. The van der Waals surface area contributed by atoms with Crippen LogP contribution in [0, 0.1) is 5.82 Å². The van der Waals surface area contributed by atoms with Crippen LogP contribution in [-0.2, 0) is 6.42 Å². The summed E-state index contributed by atoms with van der Waals surface area (Å²) in [6, 6.07) is 3.55. The lowest BCUT2D eigenvalue weighted by atomic mass is 10.0. The van der Waals surface area contributed by atoms with Crippen molar-refractivity contribution in [3.05, 3.63) is 54.0 Å². The second kappa shape index (κ2) is 5.59. The third kappa shape index (κ3) is 2.91. The molecule has 3 nitrogen and oxygen atoms in total. The van der Waals surface area contributed by atoms with Crippen molar-refractivity contribution in [2.24, 2.45) is 0 Å². The van der Waals surface area contributed by atoms with Gasteiger partial charge in [0.05, 0.1) is 18.7 Å². The van der Waals surface area contributed by atoms with E-state index in [2.05, 4.69) is 10.3 Å². The number of aromatic nitrogens is 1. The maximum atomic E-state index is 13.7. The van der Waals surface area contributed by atoms with Crippen LogP contribution in [0.1, 0.15) is 24.1 Å². The van der Waals surface area contributed by atoms with Crippen LogP contribution >= 0.6 is 0 Å². The van der Waals surface area contributed by atoms with E-state index in [9.17, 15) is 4.39 Å². The second-order valence-corrected chi connectivity index (χ2v) is 3.84. The summed E-state index contributed by atoms with van der Waals surface area (Å²) < 4.78 is 18.7. The normalized spacial score (nSPS) is 12.6. The van der Waals surface area contributed by atoms with E-state index in [1.807, 2.05) is 13.0 Å². The molecule has 0 aromatic carbocycles. The smallest absolute Gasteiger partial charge is 0.146 e. The summed E-state index contributed by atoms with van der Waals surface area (Å²) >= 11 is 0. The molecule has 0 radical (unpaired) electrons. The van der Waals surface area contributed by atoms with Gasteiger partial charge in [-0.2, -0.15) is 0 Å². The molecule has 0 aliphatic heterocycles. The first kappa shape index (κ1) is 11.8. The summed E-state index contributed by atoms with van der Waals surface area (Å²) in [6.07, 6.45) is 6.86. The van der Waals surface area contributed by atoms with Crippen molar-refractivity contribution in [3.8, 4) is 0 Å². The fourth-order valence-corrected chi connectivity index (χ4v) is 1.85. The number of furan rings is 1. The van der Waals surface area contributed by atoms with E-state index in [1.54, 1.807) is 24.8 Å². The van der Waals surface area contributed by atoms with E-state index in [-0.39, 0.29) is 11.9 Å². The molecule has 0 aliphatic carbocycles. The fourth-order valence-electron chi connectivity index (χ4n) is 1.85. The molecular weight excluding hydrogens is 219 g/mol. The quantitative estimate of drug-likeness (QED) is 0.864. The van der Waals surface area contributed by atoms with Crippen molar-refractivity contribution in [3.63, 3.8) is 0 Å². The maximum absolute atomic E-state index is 13.7. The largest absolute Gasteiger partial charge is 0.472 e. The summed E-state index contributed by atoms with van der Waals surface area (Å²) in [5.74, 6) is -0.276. The van der Waals surface area contributed by atoms with E-state index >= 15 is 0 Å². The highest BCUT2D eigenvalue weighted by atomic mass is 19.1. The average Bonchev–Trinajstić information content (AvgIpc) is 2.82. The van der Waals surface area contributed by atoms with Gasteiger partial charge in [-0.25, -0.2) is 4.39 Å². The van der Waals surface area contributed by atoms with E-state index < -0.39 is 0 Å². The predicted octanol–water partition coefficient (Wildman–Crippen LogP) is 2.71. The Morgan fingerprint density at radius 1 is 1.47 bits per heavy atom. The molecule has 4 heteroatoms. The van der Waals surface area contributed by atoms with Gasteiger partial charge >= 0.3 is 0 Å². The number of likely N-dealkylation sites (N-methyl/N-ethyl adjacent to an activating group) is 1. The van der Waals surface area contributed by atoms with Crippen molar-refractivity contribution in [1.82, 2.24) is 10.3 Å². The maximum Gasteiger partial charge on any atom is 0.146 e. The van der Waals surface area contributed by atoms with E-state index in [1.165, 1.54) is 6.20 Å². The molecule has 0 spiro atoms. The molecule has 1 N–H and O–H groups in total. The summed E-state index contributed by atoms with van der Waals surface area (Å²) in [4.78, 5) is 3.76. The van der Waals surface area contributed by atoms with Crippen molar-refractivity contribution in [1.29, 1.82) is 0 Å². The molecule has 90 valence electrons. The molecule has 1 unspecified atom stereocenters. The minimum Gasteiger partial charge on any atom is -0.472 e. The lowest BCUT2D eigenvalue weighted by Crippen LogP contribution is -2.23. The Hall–Kier alpha value is -1.68. The Morgan fingerprint density at radius 2 is 2.35 bits per heavy atom. The first-order valence-corrected chi connectivity index (χ1v) is 5.65. The van der Waals surface area contributed by atoms with Gasteiger partial charge in [-0.15, -0.1) is 0 Å². The van der Waals surface area contributed by atoms with Crippen molar-refractivity contribution in [2.75, 3.05) is 6.54 Å². The van der Waals surface area contributed by atoms with Gasteiger partial charge in [0.1, 0.15) is 5.82 Å². The van der Waals surface area contributed by atoms with Gasteiger partial charge in [0, 0.05) is 17.8 Å². The highest BCUT2D eigenvalue weighted by Gasteiger charge is 2.15. The predicted molar refractivity (Wildman–Crippen MR) is 63.0 cm³/mol. The zero-order valence-corrected chi connectivity index (χ0v) is 9.69. The number of hydrogen-bond donors (Lipinski definition) is 1. The van der Waals surface area contributed by atoms with Gasteiger partial charge in [0.25, 0.3) is 0 Å². The Labute approximate surface area is 99.7 Å². The highest BCUT2D eigenvalue weighted by molar-refractivity contribution is 5.21. The minimum atomic E-state index is -0.276. The Balaban J connectivity index is 2.20. The minimum absolute atomic E-state index is 0.0550. The molecule has 0 amide bonds. The first-order valence-electron chi connectivity index (χ1n) is 5.65. The first-order chi connectivity index (χ1) is 8.31. The van der Waals surface area contributed by atoms with Crippen LogP contribution in [0.4, 0.5) is 4.39 Å². The number of nitrogens with zero attached hydrogens (tertiary/aromatic N) is 1. The molecule has 0 saturated carbocycles. The lowest BCUT2D eigenvalue weighted by molar-refractivity contribution is 0.502. The summed E-state index contributed by atoms with van der Waals surface area (Å²) in [6.45, 7) is 2.78. The number of hydrogen-bond acceptors (Lipinski definition) is 3. The van der Waals surface area contributed by atoms with Gasteiger partial charge in [0.2, 0.25) is 0 Å². The number of halogens is 1. The Kier molecular flexibility index (Phi) is 3.88. The molecule has 0 fully saturated rings. The average molecular weight is 234 g/mol. The topological polar surface area (TPSA) is 38.1 Å². The zero-order chi connectivity index (χ0) is 12.1. The molecule has 2 heterocycles. The van der Waals surface area contributed by atoms with E-state index in [0.29, 0.717) is 12.0 Å². The molecule has 17 heavy (non-hydrogen) atoms. The van der Waals surface area contributed by atoms with Crippen LogP contribution in [0.25, 0.3) is 0 Å². The van der Waals surface area contributed by atoms with Crippen molar-refractivity contribution < 1.29 is 8.81 Å². The monoisotopic (exact) mass is 234 g/mol. The van der Waals surface area contributed by atoms with Crippen LogP contribution < -0.4 is 5.32 Å². The molecule has 0 aliphatic rings. The van der Waals surface area contributed by atoms with Gasteiger partial charge in [-0.1, -0.05) is 6.92 Å². The van der Waals surface area contributed by atoms with Crippen LogP contribution in [0.3, 0.4) is 0 Å². The standard InChI is InChI=1S/C13H15FN2O/c1-2-16-13(7-10-4-6-17-9-10)11-3-5-15-8-12(11)14/h3-6,8-9,13,16H,2,7H2,1H3. The molecule has 0 bridgehead atoms. The number of pyridine rings is 1.